The summed E-state index contributed by atoms with van der Waals surface area (Å²) in [6.45, 7) is 1.92. The molecule has 1 aromatic rings. The molecule has 19 heavy (non-hydrogen) atoms. The predicted molar refractivity (Wildman–Crippen MR) is 71.4 cm³/mol. The fourth-order valence-corrected chi connectivity index (χ4v) is 1.52. The van der Waals surface area contributed by atoms with Gasteiger partial charge in [0.05, 0.1) is 32.9 Å². The second-order valence-corrected chi connectivity index (χ2v) is 4.03. The van der Waals surface area contributed by atoms with Crippen LogP contribution in [0, 0.1) is 5.92 Å². The zero-order valence-electron chi connectivity index (χ0n) is 11.5. The van der Waals surface area contributed by atoms with Gasteiger partial charge >= 0.3 is 5.97 Å². The van der Waals surface area contributed by atoms with E-state index in [1.165, 1.54) is 21.3 Å². The highest BCUT2D eigenvalue weighted by atomic mass is 16.5. The topological polar surface area (TPSA) is 77.0 Å². The number of benzene rings is 1. The molecule has 0 heterocycles. The molecule has 0 bridgehead atoms. The molecule has 1 unspecified atom stereocenters. The molecule has 0 radical (unpaired) electrons. The van der Waals surface area contributed by atoms with Gasteiger partial charge in [-0.25, -0.2) is 0 Å². The molecule has 0 aliphatic rings. The number of nitrogens with one attached hydrogen (secondary N) is 1. The molecule has 6 nitrogen and oxygen atoms in total. The van der Waals surface area contributed by atoms with Crippen LogP contribution in [0.3, 0.4) is 0 Å². The van der Waals surface area contributed by atoms with Crippen molar-refractivity contribution >= 4 is 11.7 Å². The van der Waals surface area contributed by atoms with E-state index in [0.29, 0.717) is 29.5 Å². The number of carboxylic acids is 1. The summed E-state index contributed by atoms with van der Waals surface area (Å²) in [5.74, 6) is 0.310. The molecule has 1 aromatic carbocycles. The van der Waals surface area contributed by atoms with Crippen LogP contribution in [0.2, 0.25) is 0 Å². The lowest BCUT2D eigenvalue weighted by molar-refractivity contribution is -0.140. The summed E-state index contributed by atoms with van der Waals surface area (Å²) < 4.78 is 15.6. The summed E-state index contributed by atoms with van der Waals surface area (Å²) in [4.78, 5) is 10.8. The Kier molecular flexibility index (Phi) is 5.29. The van der Waals surface area contributed by atoms with Crippen LogP contribution in [0.15, 0.2) is 12.1 Å². The first kappa shape index (κ1) is 14.9. The maximum atomic E-state index is 10.8. The minimum absolute atomic E-state index is 0.293. The molecule has 0 fully saturated rings. The smallest absolute Gasteiger partial charge is 0.308 e. The third kappa shape index (κ3) is 3.67. The standard InChI is InChI=1S/C13H19NO5/c1-8(13(15)16)7-14-9-5-11(18-3)12(19-4)6-10(9)17-2/h5-6,8,14H,7H2,1-4H3,(H,15,16). The number of aliphatic carboxylic acids is 1. The number of anilines is 1. The van der Waals surface area contributed by atoms with E-state index in [9.17, 15) is 4.79 Å². The van der Waals surface area contributed by atoms with Crippen LogP contribution < -0.4 is 19.5 Å². The summed E-state index contributed by atoms with van der Waals surface area (Å²) in [6, 6.07) is 3.40. The Hall–Kier alpha value is -2.11. The summed E-state index contributed by atoms with van der Waals surface area (Å²) in [6.07, 6.45) is 0. The van der Waals surface area contributed by atoms with E-state index in [2.05, 4.69) is 5.32 Å². The molecule has 0 aliphatic heterocycles. The number of methoxy groups -OCH3 is 3. The van der Waals surface area contributed by atoms with Crippen LogP contribution in [-0.2, 0) is 4.79 Å². The third-order valence-corrected chi connectivity index (χ3v) is 2.73. The fraction of sp³-hybridized carbons (Fsp3) is 0.462. The maximum absolute atomic E-state index is 10.8. The fourth-order valence-electron chi connectivity index (χ4n) is 1.52. The Morgan fingerprint density at radius 2 is 1.68 bits per heavy atom. The SMILES string of the molecule is COc1cc(OC)c(OC)cc1NCC(C)C(=O)O. The number of carbonyl (C=O) groups is 1. The Balaban J connectivity index is 2.95. The molecule has 0 amide bonds. The zero-order chi connectivity index (χ0) is 14.4. The highest BCUT2D eigenvalue weighted by Crippen LogP contribution is 2.37. The lowest BCUT2D eigenvalue weighted by Gasteiger charge is -2.16. The first-order chi connectivity index (χ1) is 9.03. The van der Waals surface area contributed by atoms with Crippen molar-refractivity contribution in [1.82, 2.24) is 0 Å². The summed E-state index contributed by atoms with van der Waals surface area (Å²) in [5, 5.41) is 11.9. The molecule has 6 heteroatoms. The van der Waals surface area contributed by atoms with E-state index < -0.39 is 11.9 Å². The number of rotatable bonds is 7. The van der Waals surface area contributed by atoms with E-state index in [0.717, 1.165) is 0 Å². The summed E-state index contributed by atoms with van der Waals surface area (Å²) >= 11 is 0. The molecule has 1 rings (SSSR count). The molecular weight excluding hydrogens is 250 g/mol. The van der Waals surface area contributed by atoms with Crippen LogP contribution >= 0.6 is 0 Å². The van der Waals surface area contributed by atoms with Crippen LogP contribution in [-0.4, -0.2) is 38.9 Å². The lowest BCUT2D eigenvalue weighted by atomic mass is 10.1. The summed E-state index contributed by atoms with van der Waals surface area (Å²) in [7, 11) is 4.61. The van der Waals surface area contributed by atoms with Crippen molar-refractivity contribution in [1.29, 1.82) is 0 Å². The first-order valence-electron chi connectivity index (χ1n) is 5.80. The predicted octanol–water partition coefficient (Wildman–Crippen LogP) is 1.84. The highest BCUT2D eigenvalue weighted by Gasteiger charge is 2.14. The van der Waals surface area contributed by atoms with Crippen molar-refractivity contribution in [2.24, 2.45) is 5.92 Å². The maximum Gasteiger partial charge on any atom is 0.308 e. The number of carboxylic acid groups (broad SMARTS) is 1. The van der Waals surface area contributed by atoms with Crippen LogP contribution in [0.4, 0.5) is 5.69 Å². The largest absolute Gasteiger partial charge is 0.494 e. The van der Waals surface area contributed by atoms with Crippen molar-refractivity contribution in [3.05, 3.63) is 12.1 Å². The van der Waals surface area contributed by atoms with E-state index in [1.54, 1.807) is 19.1 Å². The minimum atomic E-state index is -0.855. The molecule has 106 valence electrons. The van der Waals surface area contributed by atoms with Gasteiger partial charge < -0.3 is 24.6 Å². The quantitative estimate of drug-likeness (QED) is 0.786. The van der Waals surface area contributed by atoms with Gasteiger partial charge in [-0.1, -0.05) is 6.92 Å². The van der Waals surface area contributed by atoms with Crippen molar-refractivity contribution in [2.45, 2.75) is 6.92 Å². The number of ether oxygens (including phenoxy) is 3. The highest BCUT2D eigenvalue weighted by molar-refractivity contribution is 5.71. The van der Waals surface area contributed by atoms with Gasteiger partial charge in [0.1, 0.15) is 5.75 Å². The molecule has 0 saturated heterocycles. The van der Waals surface area contributed by atoms with Crippen LogP contribution in [0.1, 0.15) is 6.92 Å². The van der Waals surface area contributed by atoms with Crippen molar-refractivity contribution in [3.63, 3.8) is 0 Å². The molecule has 0 aromatic heterocycles. The Morgan fingerprint density at radius 1 is 1.16 bits per heavy atom. The van der Waals surface area contributed by atoms with Gasteiger partial charge in [0.2, 0.25) is 0 Å². The van der Waals surface area contributed by atoms with E-state index in [4.69, 9.17) is 19.3 Å². The first-order valence-corrected chi connectivity index (χ1v) is 5.80. The van der Waals surface area contributed by atoms with Gasteiger partial charge in [-0.05, 0) is 0 Å². The Morgan fingerprint density at radius 3 is 2.16 bits per heavy atom. The van der Waals surface area contributed by atoms with Gasteiger partial charge in [-0.15, -0.1) is 0 Å². The van der Waals surface area contributed by atoms with Crippen molar-refractivity contribution in [2.75, 3.05) is 33.2 Å². The van der Waals surface area contributed by atoms with Gasteiger partial charge in [0.15, 0.2) is 11.5 Å². The van der Waals surface area contributed by atoms with E-state index >= 15 is 0 Å². The molecule has 0 saturated carbocycles. The van der Waals surface area contributed by atoms with E-state index in [1.807, 2.05) is 0 Å². The van der Waals surface area contributed by atoms with Crippen LogP contribution in [0.25, 0.3) is 0 Å². The molecule has 1 atom stereocenters. The Labute approximate surface area is 112 Å². The number of hydrogen-bond donors (Lipinski definition) is 2. The molecule has 0 aliphatic carbocycles. The number of hydrogen-bond acceptors (Lipinski definition) is 5. The third-order valence-electron chi connectivity index (χ3n) is 2.73. The second kappa shape index (κ2) is 6.72. The molecular formula is C13H19NO5. The summed E-state index contributed by atoms with van der Waals surface area (Å²) in [5.41, 5.74) is 0.660. The lowest BCUT2D eigenvalue weighted by Crippen LogP contribution is -2.19. The Bertz CT molecular complexity index is 447. The monoisotopic (exact) mass is 269 g/mol. The average Bonchev–Trinajstić information content (AvgIpc) is 2.43. The van der Waals surface area contributed by atoms with Gasteiger partial charge in [0, 0.05) is 18.7 Å². The van der Waals surface area contributed by atoms with Gasteiger partial charge in [-0.2, -0.15) is 0 Å². The molecule has 0 spiro atoms. The second-order valence-electron chi connectivity index (χ2n) is 4.03. The normalized spacial score (nSPS) is 11.6. The molecule has 2 N–H and O–H groups in total. The zero-order valence-corrected chi connectivity index (χ0v) is 11.5. The average molecular weight is 269 g/mol. The van der Waals surface area contributed by atoms with E-state index in [-0.39, 0.29) is 0 Å². The van der Waals surface area contributed by atoms with Crippen LogP contribution in [0.5, 0.6) is 17.2 Å². The minimum Gasteiger partial charge on any atom is -0.494 e. The van der Waals surface area contributed by atoms with Gasteiger partial charge in [-0.3, -0.25) is 4.79 Å². The van der Waals surface area contributed by atoms with Crippen molar-refractivity contribution < 1.29 is 24.1 Å². The van der Waals surface area contributed by atoms with Gasteiger partial charge in [0.25, 0.3) is 0 Å². The van der Waals surface area contributed by atoms with Crippen molar-refractivity contribution in [3.8, 4) is 17.2 Å².